The standard InChI is InChI=1S/C62H90N13O14P.C3H7NO.CN.Co/c1-29-20-39-40(21-30(29)2)75(28-70-39)57-52(84)53(41(27-76)87-57)89-90(85,86)88-31(3)26-69-49(83)18-19-59(8)37(22-46(66)80)56-62(11)61(10,25-48(68)82)36(14-17-45(65)79)51(74-62)33(5)55-60(9,24-47(67)81)34(12-15-43(63)77)38(71-55)23-42-58(6,7)35(13-16-44(64)78)50(72-42)32(4)54(59)73-56;1-2-3(4)5;1-2;/h20-21,23,28,31,34-37,41,52-53,56-57,76,84H,12-19,22,24-27H2,1-11H3,(H15,63,64,65,66,67,68,69,71,72,73,74,77,78,79,80,81,82,83,85,86);2H2,1H3,(H2,4,5);;/q;;;+2/p-2/t31?,34-,35-,36-,37+,41-,52-,53-,56-,57+,59-,60+,61+,62+;;;/m1.../s1. The third-order valence-corrected chi connectivity index (χ3v) is 23.4. The zero-order valence-corrected chi connectivity index (χ0v) is 59.6. The molecule has 7 heterocycles. The number of nitrogens with two attached hydrogens (primary N) is 7. The smallest absolute Gasteiger partial charge is 0.370 e. The summed E-state index contributed by atoms with van der Waals surface area (Å²) in [5, 5.41) is 37.9. The number of hydrogen-bond donors (Lipinski definition) is 10. The van der Waals surface area contributed by atoms with Crippen LogP contribution in [0.25, 0.3) is 11.0 Å². The number of phosphoric ester groups is 1. The molecule has 32 heteroatoms. The first kappa shape index (κ1) is 77.8. The number of allylic oxidation sites excluding steroid dienone is 6. The Balaban J connectivity index is 0.00000261. The number of carbonyl (C=O) groups is 8. The van der Waals surface area contributed by atoms with Crippen molar-refractivity contribution in [2.45, 2.75) is 202 Å². The molecule has 0 aliphatic carbocycles. The van der Waals surface area contributed by atoms with Gasteiger partial charge in [0.25, 0.3) is 7.82 Å². The number of nitrogens with zero attached hydrogens (tertiary/aromatic N) is 7. The second-order valence-electron chi connectivity index (χ2n) is 28.1. The summed E-state index contributed by atoms with van der Waals surface area (Å²) in [5.41, 5.74) is 41.0. The van der Waals surface area contributed by atoms with Crippen LogP contribution in [-0.2, 0) is 71.6 Å². The number of aliphatic hydroxyl groups excluding tert-OH is 2. The average Bonchev–Trinajstić information content (AvgIpc) is 1.51. The third kappa shape index (κ3) is 15.4. The molecule has 8 rings (SSSR count). The number of rotatable bonds is 28. The van der Waals surface area contributed by atoms with Crippen molar-refractivity contribution in [2.75, 3.05) is 13.2 Å². The first-order valence-corrected chi connectivity index (χ1v) is 35.0. The van der Waals surface area contributed by atoms with Gasteiger partial charge in [-0.3, -0.25) is 9.36 Å². The van der Waals surface area contributed by atoms with Crippen LogP contribution in [0.4, 0.5) is 0 Å². The zero-order chi connectivity index (χ0) is 73.3. The van der Waals surface area contributed by atoms with E-state index in [4.69, 9.17) is 63.2 Å². The molecule has 6 aliphatic rings. The number of nitriles is 1. The van der Waals surface area contributed by atoms with Crippen LogP contribution in [0.5, 0.6) is 0 Å². The van der Waals surface area contributed by atoms with Crippen molar-refractivity contribution in [1.82, 2.24) is 18.8 Å². The van der Waals surface area contributed by atoms with Crippen molar-refractivity contribution in [3.8, 4) is 5.00 Å². The Hall–Kier alpha value is -7.53. The molecular formula is C66H95CoN15O15P. The van der Waals surface area contributed by atoms with Gasteiger partial charge in [0.15, 0.2) is 6.23 Å². The molecular weight excluding hydrogens is 1330 g/mol. The summed E-state index contributed by atoms with van der Waals surface area (Å²) in [6, 6.07) is 2.56. The summed E-state index contributed by atoms with van der Waals surface area (Å²) in [5.74, 6) is -8.12. The number of carbonyl (C=O) groups excluding carboxylic acids is 8. The fourth-order valence-electron chi connectivity index (χ4n) is 15.7. The molecule has 15 atom stereocenters. The van der Waals surface area contributed by atoms with Gasteiger partial charge in [-0.15, -0.1) is 0 Å². The van der Waals surface area contributed by atoms with Gasteiger partial charge in [-0.1, -0.05) is 6.92 Å². The molecule has 2 aromatic rings. The van der Waals surface area contributed by atoms with E-state index in [1.54, 1.807) is 44.6 Å². The van der Waals surface area contributed by atoms with Gasteiger partial charge in [-0.25, -0.2) is 4.98 Å². The van der Waals surface area contributed by atoms with E-state index in [1.807, 2.05) is 53.7 Å². The number of aliphatic imine (C=N–C) groups is 3. The van der Waals surface area contributed by atoms with Crippen LogP contribution < -0.4 is 50.3 Å². The van der Waals surface area contributed by atoms with Gasteiger partial charge >= 0.3 is 417 Å². The molecule has 6 aliphatic heterocycles. The zero-order valence-electron chi connectivity index (χ0n) is 57.6. The van der Waals surface area contributed by atoms with E-state index < -0.39 is 143 Å². The minimum absolute atomic E-state index is 0.0111. The number of aromatic nitrogens is 2. The van der Waals surface area contributed by atoms with Crippen LogP contribution in [0, 0.1) is 69.4 Å². The first-order chi connectivity index (χ1) is 45.6. The third-order valence-electron chi connectivity index (χ3n) is 21.2. The number of primary amides is 7. The molecule has 8 amide bonds. The van der Waals surface area contributed by atoms with Gasteiger partial charge < -0.3 is 34.7 Å². The number of phosphoric acid groups is 1. The molecule has 17 N–H and O–H groups in total. The Morgan fingerprint density at radius 1 is 0.796 bits per heavy atom. The molecule has 1 aromatic heterocycles. The van der Waals surface area contributed by atoms with Crippen LogP contribution in [0.1, 0.15) is 164 Å². The van der Waals surface area contributed by atoms with E-state index in [1.165, 1.54) is 17.8 Å². The maximum atomic E-state index is 14.5. The molecule has 0 radical (unpaired) electrons. The van der Waals surface area contributed by atoms with Gasteiger partial charge in [-0.2, -0.15) is 0 Å². The van der Waals surface area contributed by atoms with E-state index >= 15 is 0 Å². The topological polar surface area (TPSA) is 521 Å². The number of imidazole rings is 1. The first-order valence-electron chi connectivity index (χ1n) is 32.6. The van der Waals surface area contributed by atoms with E-state index in [9.17, 15) is 63.3 Å². The fraction of sp³-hybridized carbons (Fsp3) is 0.621. The minimum Gasteiger partial charge on any atom is -0.370 e. The van der Waals surface area contributed by atoms with Gasteiger partial charge in [0, 0.05) is 6.42 Å². The monoisotopic (exact) mass is 1430 g/mol. The normalized spacial score (nSPS) is 32.2. The van der Waals surface area contributed by atoms with E-state index in [0.717, 1.165) is 11.1 Å². The van der Waals surface area contributed by atoms with Gasteiger partial charge in [0.05, 0.1) is 24.0 Å². The number of hydrogen-bond acceptors (Lipinski definition) is 21. The quantitative estimate of drug-likeness (QED) is 0.0547. The van der Waals surface area contributed by atoms with Crippen LogP contribution in [0.2, 0.25) is 0 Å². The van der Waals surface area contributed by atoms with Crippen LogP contribution in [0.3, 0.4) is 0 Å². The van der Waals surface area contributed by atoms with Gasteiger partial charge in [0.1, 0.15) is 18.3 Å². The second kappa shape index (κ2) is 30.1. The number of fused-ring (bicyclic) bond motifs is 7. The van der Waals surface area contributed by atoms with E-state index in [-0.39, 0.29) is 98.0 Å². The van der Waals surface area contributed by atoms with Crippen LogP contribution in [-0.4, -0.2) is 137 Å². The molecule has 1 aromatic carbocycles. The number of aryl methyl sites for hydroxylation is 2. The molecule has 98 heavy (non-hydrogen) atoms. The molecule has 0 spiro atoms. The Bertz CT molecular complexity index is 3840. The molecule has 2 unspecified atom stereocenters. The molecule has 538 valence electrons. The SMILES string of the molecule is C/C1=C2N=C(/C=C3N=C(/C(C)=C4/[C@@H](CCC(N)=O)[C@](C)(CC(N)=O)[C@](C)([C@@H]5N=C1[C@](C)(CCC(=O)NCC(C)OP(=O)([O-])O[C@H]1[C@@H](O)[C@@H](n6cnc7cc(C)c(C)cc76)O[C@@H]1CO)[C@H]5CC(N)=O)[N]4[Co+][C]#N)[C@@](C)(CC(N)=O)[C@@H]\3CCC(N)=O)C(C)(C)[C@@H]/2CCC(N)=O.CCC(N)=O. The Morgan fingerprint density at radius 3 is 1.93 bits per heavy atom. The van der Waals surface area contributed by atoms with E-state index in [0.29, 0.717) is 62.8 Å². The predicted octanol–water partition coefficient (Wildman–Crippen LogP) is 2.60. The van der Waals surface area contributed by atoms with Crippen molar-refractivity contribution in [3.05, 3.63) is 63.9 Å². The van der Waals surface area contributed by atoms with Crippen molar-refractivity contribution in [2.24, 2.45) is 100 Å². The average molecular weight is 1430 g/mol. The second-order valence-corrected chi connectivity index (χ2v) is 30.4. The molecule has 30 nitrogen and oxygen atoms in total. The summed E-state index contributed by atoms with van der Waals surface area (Å²) < 4.78 is 33.7. The van der Waals surface area contributed by atoms with E-state index in [2.05, 4.69) is 21.0 Å². The van der Waals surface area contributed by atoms with Crippen LogP contribution in [0.15, 0.2) is 67.8 Å². The summed E-state index contributed by atoms with van der Waals surface area (Å²) in [6.45, 7) is 20.5. The fourth-order valence-corrected chi connectivity index (χ4v) is 18.0. The summed E-state index contributed by atoms with van der Waals surface area (Å²) in [7, 11) is -5.35. The molecule has 0 saturated carbocycles. The molecule has 2 fully saturated rings. The van der Waals surface area contributed by atoms with Crippen molar-refractivity contribution in [1.29, 1.82) is 5.26 Å². The number of ether oxygens (including phenoxy) is 1. The van der Waals surface area contributed by atoms with Gasteiger partial charge in [0.2, 0.25) is 5.91 Å². The predicted molar refractivity (Wildman–Crippen MR) is 355 cm³/mol. The van der Waals surface area contributed by atoms with Crippen LogP contribution >= 0.6 is 7.82 Å². The van der Waals surface area contributed by atoms with Crippen molar-refractivity contribution >= 4 is 83.2 Å². The minimum atomic E-state index is -5.35. The number of aliphatic hydroxyl groups is 2. The number of nitrogens with one attached hydrogen (secondary N) is 1. The summed E-state index contributed by atoms with van der Waals surface area (Å²) >= 11 is 0.0230. The molecule has 8 bridgehead atoms. The Kier molecular flexibility index (Phi) is 23.9. The van der Waals surface area contributed by atoms with Gasteiger partial charge in [-0.05, 0) is 37.1 Å². The Morgan fingerprint density at radius 2 is 1.38 bits per heavy atom. The maximum absolute atomic E-state index is 14.5. The summed E-state index contributed by atoms with van der Waals surface area (Å²) in [4.78, 5) is 139. The molecule has 2 saturated heterocycles. The Labute approximate surface area is 576 Å². The van der Waals surface area contributed by atoms with Crippen molar-refractivity contribution < 1.29 is 86.7 Å². The van der Waals surface area contributed by atoms with Crippen molar-refractivity contribution in [3.63, 3.8) is 0 Å². The number of amides is 8. The summed E-state index contributed by atoms with van der Waals surface area (Å²) in [6.07, 6.45) is -4.94. The number of benzene rings is 1.